The van der Waals surface area contributed by atoms with E-state index in [1.54, 1.807) is 0 Å². The highest BCUT2D eigenvalue weighted by molar-refractivity contribution is 6.26. The van der Waals surface area contributed by atoms with Crippen LogP contribution in [0.3, 0.4) is 0 Å². The van der Waals surface area contributed by atoms with Crippen LogP contribution in [-0.4, -0.2) is 33.2 Å². The van der Waals surface area contributed by atoms with Crippen molar-refractivity contribution < 1.29 is 0 Å². The SMILES string of the molecule is c1ccc(-c2ccc3c(c2)c2ccc4c5cc(-c6ccccc6)ccc5n(-c5nc(-c6ccccc6)nc(-n6c7ccc(-c8ccccc8)cc7c7ccc8c9cc(-c%10ccccc%10)ccc9n(-c9ccc%10ccccc%10c9)c8c76)n5)c4c2n3-c2ccc3ccccc3c2)cc1. The number of nitrogens with zero attached hydrogens (tertiary/aromatic N) is 7. The van der Waals surface area contributed by atoms with Gasteiger partial charge in [-0.05, 0) is 139 Å². The molecule has 20 aromatic rings. The third kappa shape index (κ3) is 8.37. The topological polar surface area (TPSA) is 58.4 Å². The smallest absolute Gasteiger partial charge is 0.240 e. The zero-order valence-corrected chi connectivity index (χ0v) is 51.9. The Morgan fingerprint density at radius 2 is 0.458 bits per heavy atom. The molecule has 20 rings (SSSR count). The third-order valence-corrected chi connectivity index (χ3v) is 19.8. The maximum absolute atomic E-state index is 6.01. The van der Waals surface area contributed by atoms with Gasteiger partial charge in [-0.2, -0.15) is 15.0 Å². The van der Waals surface area contributed by atoms with Gasteiger partial charge in [0.1, 0.15) is 0 Å². The summed E-state index contributed by atoms with van der Waals surface area (Å²) in [6.07, 6.45) is 0. The second kappa shape index (κ2) is 21.3. The second-order valence-electron chi connectivity index (χ2n) is 25.1. The van der Waals surface area contributed by atoms with Gasteiger partial charge in [-0.25, -0.2) is 0 Å². The van der Waals surface area contributed by atoms with Crippen LogP contribution in [0.5, 0.6) is 0 Å². The summed E-state index contributed by atoms with van der Waals surface area (Å²) in [5.74, 6) is 1.53. The van der Waals surface area contributed by atoms with Gasteiger partial charge in [0, 0.05) is 60.0 Å². The van der Waals surface area contributed by atoms with E-state index in [0.717, 1.165) is 159 Å². The van der Waals surface area contributed by atoms with Gasteiger partial charge in [0.15, 0.2) is 5.82 Å². The first-order valence-electron chi connectivity index (χ1n) is 32.7. The minimum absolute atomic E-state index is 0.491. The molecule has 0 spiro atoms. The summed E-state index contributed by atoms with van der Waals surface area (Å²) in [5.41, 5.74) is 20.3. The van der Waals surface area contributed by atoms with Crippen LogP contribution in [0.25, 0.3) is 188 Å². The van der Waals surface area contributed by atoms with Crippen molar-refractivity contribution in [3.8, 4) is 79.2 Å². The largest absolute Gasteiger partial charge is 0.307 e. The average molecular weight is 1220 g/mol. The molecule has 0 amide bonds. The molecule has 0 unspecified atom stereocenters. The molecule has 446 valence electrons. The zero-order chi connectivity index (χ0) is 63.0. The molecule has 0 saturated carbocycles. The Hall–Kier alpha value is -13.0. The lowest BCUT2D eigenvalue weighted by atomic mass is 10.0. The summed E-state index contributed by atoms with van der Waals surface area (Å²) in [4.78, 5) is 17.5. The third-order valence-electron chi connectivity index (χ3n) is 19.8. The van der Waals surface area contributed by atoms with Crippen LogP contribution < -0.4 is 0 Å². The van der Waals surface area contributed by atoms with Crippen molar-refractivity contribution in [2.75, 3.05) is 0 Å². The zero-order valence-electron chi connectivity index (χ0n) is 51.9. The summed E-state index contributed by atoms with van der Waals surface area (Å²) < 4.78 is 9.62. The molecule has 7 heteroatoms. The van der Waals surface area contributed by atoms with Gasteiger partial charge >= 0.3 is 0 Å². The number of rotatable bonds is 9. The van der Waals surface area contributed by atoms with Crippen LogP contribution in [-0.2, 0) is 0 Å². The predicted octanol–water partition coefficient (Wildman–Crippen LogP) is 22.9. The van der Waals surface area contributed by atoms with E-state index >= 15 is 0 Å². The van der Waals surface area contributed by atoms with Crippen LogP contribution in [0.4, 0.5) is 0 Å². The number of hydrogen-bond donors (Lipinski definition) is 0. The van der Waals surface area contributed by atoms with E-state index in [2.05, 4.69) is 352 Å². The van der Waals surface area contributed by atoms with Gasteiger partial charge in [0.05, 0.1) is 44.1 Å². The number of aromatic nitrogens is 7. The standard InChI is InChI=1S/C89H55N7/c1-6-20-56(21-7-1)65-36-46-79-75(52-65)71-42-44-73-77-54-67(58-24-10-3-11-25-58)38-48-81(77)95(85(73)83(71)93(79)69-40-34-60-28-16-18-32-63(60)50-69)88-90-87(62-30-14-5-15-31-62)91-89(92-88)96-82-49-39-68(59-26-12-4-13-27-59)55-78(82)74-45-43-72-76-53-66(57-22-8-2-9-23-57)37-47-80(76)94(84(72)86(74)96)70-41-35-61-29-17-19-33-64(61)51-70/h1-55H. The fraction of sp³-hybridized carbons (Fsp3) is 0. The highest BCUT2D eigenvalue weighted by atomic mass is 15.3. The van der Waals surface area contributed by atoms with Gasteiger partial charge in [0.2, 0.25) is 11.9 Å². The minimum atomic E-state index is 0.491. The lowest BCUT2D eigenvalue weighted by Gasteiger charge is -2.15. The molecule has 5 aromatic heterocycles. The monoisotopic (exact) mass is 1220 g/mol. The minimum Gasteiger partial charge on any atom is -0.307 e. The summed E-state index contributed by atoms with van der Waals surface area (Å²) >= 11 is 0. The first-order valence-corrected chi connectivity index (χ1v) is 32.7. The van der Waals surface area contributed by atoms with Gasteiger partial charge in [-0.1, -0.05) is 261 Å². The summed E-state index contributed by atoms with van der Waals surface area (Å²) in [5, 5.41) is 13.5. The molecule has 0 saturated heterocycles. The average Bonchev–Trinajstić information content (AvgIpc) is 1.54. The second-order valence-corrected chi connectivity index (χ2v) is 25.1. The number of fused-ring (bicyclic) bond motifs is 16. The van der Waals surface area contributed by atoms with E-state index in [0.29, 0.717) is 17.7 Å². The maximum atomic E-state index is 6.01. The Labute approximate surface area is 551 Å². The molecule has 7 nitrogen and oxygen atoms in total. The molecule has 0 bridgehead atoms. The molecular weight excluding hydrogens is 1170 g/mol. The van der Waals surface area contributed by atoms with Crippen molar-refractivity contribution in [2.24, 2.45) is 0 Å². The molecule has 96 heavy (non-hydrogen) atoms. The van der Waals surface area contributed by atoms with Crippen molar-refractivity contribution in [1.82, 2.24) is 33.2 Å². The molecule has 5 heterocycles. The molecule has 15 aromatic carbocycles. The Morgan fingerprint density at radius 1 is 0.177 bits per heavy atom. The van der Waals surface area contributed by atoms with Crippen LogP contribution in [0, 0.1) is 0 Å². The quantitative estimate of drug-likeness (QED) is 0.145. The van der Waals surface area contributed by atoms with Crippen molar-refractivity contribution in [2.45, 2.75) is 0 Å². The van der Waals surface area contributed by atoms with Crippen LogP contribution in [0.2, 0.25) is 0 Å². The van der Waals surface area contributed by atoms with E-state index in [1.165, 1.54) is 10.8 Å². The summed E-state index contributed by atoms with van der Waals surface area (Å²) in [7, 11) is 0. The van der Waals surface area contributed by atoms with E-state index in [1.807, 2.05) is 0 Å². The first kappa shape index (κ1) is 53.7. The Kier molecular flexibility index (Phi) is 11.9. The molecule has 0 aliphatic heterocycles. The molecule has 0 aliphatic rings. The number of hydrogen-bond acceptors (Lipinski definition) is 3. The first-order chi connectivity index (χ1) is 47.6. The van der Waals surface area contributed by atoms with Gasteiger partial charge < -0.3 is 9.13 Å². The lowest BCUT2D eigenvalue weighted by Crippen LogP contribution is -2.11. The van der Waals surface area contributed by atoms with Gasteiger partial charge in [0.25, 0.3) is 0 Å². The van der Waals surface area contributed by atoms with Crippen molar-refractivity contribution >= 4 is 109 Å². The number of benzene rings is 15. The van der Waals surface area contributed by atoms with Gasteiger partial charge in [-0.15, -0.1) is 0 Å². The van der Waals surface area contributed by atoms with E-state index in [4.69, 9.17) is 15.0 Å². The summed E-state index contributed by atoms with van der Waals surface area (Å²) in [6.45, 7) is 0. The molecule has 0 N–H and O–H groups in total. The van der Waals surface area contributed by atoms with Crippen LogP contribution >= 0.6 is 0 Å². The lowest BCUT2D eigenvalue weighted by molar-refractivity contribution is 0.893. The summed E-state index contributed by atoms with van der Waals surface area (Å²) in [6, 6.07) is 121. The van der Waals surface area contributed by atoms with Crippen LogP contribution in [0.15, 0.2) is 334 Å². The van der Waals surface area contributed by atoms with E-state index in [9.17, 15) is 0 Å². The molecule has 0 radical (unpaired) electrons. The highest BCUT2D eigenvalue weighted by Gasteiger charge is 2.28. The van der Waals surface area contributed by atoms with Gasteiger partial charge in [-0.3, -0.25) is 9.13 Å². The van der Waals surface area contributed by atoms with E-state index in [-0.39, 0.29) is 0 Å². The Balaban J connectivity index is 0.948. The molecule has 0 atom stereocenters. The Bertz CT molecular complexity index is 6170. The highest BCUT2D eigenvalue weighted by Crippen LogP contribution is 2.47. The molecule has 0 fully saturated rings. The van der Waals surface area contributed by atoms with Crippen molar-refractivity contribution in [3.63, 3.8) is 0 Å². The van der Waals surface area contributed by atoms with Crippen molar-refractivity contribution in [3.05, 3.63) is 334 Å². The van der Waals surface area contributed by atoms with E-state index < -0.39 is 0 Å². The maximum Gasteiger partial charge on any atom is 0.240 e. The normalized spacial score (nSPS) is 12.0. The van der Waals surface area contributed by atoms with Crippen LogP contribution in [0.1, 0.15) is 0 Å². The Morgan fingerprint density at radius 3 is 0.792 bits per heavy atom. The fourth-order valence-electron chi connectivity index (χ4n) is 15.3. The molecule has 0 aliphatic carbocycles. The predicted molar refractivity (Wildman–Crippen MR) is 399 cm³/mol. The molecular formula is C89H55N7. The fourth-order valence-corrected chi connectivity index (χ4v) is 15.3. The van der Waals surface area contributed by atoms with Crippen molar-refractivity contribution in [1.29, 1.82) is 0 Å².